The molecule has 1 unspecified atom stereocenters. The summed E-state index contributed by atoms with van der Waals surface area (Å²) in [5.41, 5.74) is 1.21. The van der Waals surface area contributed by atoms with Crippen molar-refractivity contribution in [2.24, 2.45) is 0 Å². The molecule has 0 bridgehead atoms. The van der Waals surface area contributed by atoms with Gasteiger partial charge in [-0.15, -0.1) is 0 Å². The first-order valence-electron chi connectivity index (χ1n) is 7.53. The van der Waals surface area contributed by atoms with Crippen LogP contribution in [0.4, 0.5) is 0 Å². The minimum Gasteiger partial charge on any atom is -0.337 e. The van der Waals surface area contributed by atoms with E-state index in [1.165, 1.54) is 31.4 Å². The molecule has 0 spiro atoms. The van der Waals surface area contributed by atoms with Crippen molar-refractivity contribution in [2.45, 2.75) is 64.3 Å². The van der Waals surface area contributed by atoms with Crippen LogP contribution < -0.4 is 0 Å². The summed E-state index contributed by atoms with van der Waals surface area (Å²) in [6.07, 6.45) is 7.22. The van der Waals surface area contributed by atoms with Crippen molar-refractivity contribution in [2.75, 3.05) is 0 Å². The number of hydrogen-bond acceptors (Lipinski definition) is 4. The highest BCUT2D eigenvalue weighted by Crippen LogP contribution is 2.33. The fourth-order valence-corrected chi connectivity index (χ4v) is 2.77. The second-order valence-corrected chi connectivity index (χ2v) is 6.02. The molecule has 0 saturated heterocycles. The van der Waals surface area contributed by atoms with Crippen LogP contribution in [0.2, 0.25) is 0 Å². The fourth-order valence-electron chi connectivity index (χ4n) is 2.77. The van der Waals surface area contributed by atoms with Gasteiger partial charge in [0.1, 0.15) is 6.04 Å². The van der Waals surface area contributed by atoms with E-state index in [1.807, 2.05) is 17.8 Å². The third kappa shape index (κ3) is 2.49. The molecular weight excluding hydrogens is 252 g/mol. The van der Waals surface area contributed by atoms with E-state index >= 15 is 0 Å². The van der Waals surface area contributed by atoms with Crippen LogP contribution in [0.5, 0.6) is 0 Å². The average molecular weight is 274 g/mol. The fraction of sp³-hybridized carbons (Fsp3) is 0.667. The van der Waals surface area contributed by atoms with Gasteiger partial charge in [-0.2, -0.15) is 10.1 Å². The molecule has 1 aliphatic carbocycles. The smallest absolute Gasteiger partial charge is 0.251 e. The Hall–Kier alpha value is -1.65. The molecule has 5 nitrogen and oxygen atoms in total. The third-order valence-corrected chi connectivity index (χ3v) is 4.13. The van der Waals surface area contributed by atoms with Gasteiger partial charge in [0.05, 0.1) is 5.69 Å². The van der Waals surface area contributed by atoms with Crippen molar-refractivity contribution in [3.8, 4) is 0 Å². The Kier molecular flexibility index (Phi) is 3.59. The Bertz CT molecular complexity index is 566. The van der Waals surface area contributed by atoms with Gasteiger partial charge in [-0.05, 0) is 25.8 Å². The van der Waals surface area contributed by atoms with Crippen molar-refractivity contribution in [3.63, 3.8) is 0 Å². The van der Waals surface area contributed by atoms with E-state index in [0.717, 1.165) is 5.82 Å². The number of hydrogen-bond donors (Lipinski definition) is 0. The molecule has 1 atom stereocenters. The predicted molar refractivity (Wildman–Crippen MR) is 75.6 cm³/mol. The van der Waals surface area contributed by atoms with Crippen LogP contribution in [-0.4, -0.2) is 19.9 Å². The van der Waals surface area contributed by atoms with E-state index in [9.17, 15) is 0 Å². The second-order valence-electron chi connectivity index (χ2n) is 6.02. The Morgan fingerprint density at radius 1 is 1.25 bits per heavy atom. The first kappa shape index (κ1) is 13.3. The SMILES string of the molecule is CC(C)c1noc(C(C)n2ccc(C3CCCC3)n2)n1. The van der Waals surface area contributed by atoms with Gasteiger partial charge in [0.2, 0.25) is 0 Å². The summed E-state index contributed by atoms with van der Waals surface area (Å²) >= 11 is 0. The molecule has 3 rings (SSSR count). The van der Waals surface area contributed by atoms with Crippen LogP contribution in [0, 0.1) is 0 Å². The highest BCUT2D eigenvalue weighted by Gasteiger charge is 2.22. The summed E-state index contributed by atoms with van der Waals surface area (Å²) in [6, 6.07) is 2.12. The van der Waals surface area contributed by atoms with Crippen LogP contribution in [0.15, 0.2) is 16.8 Å². The molecule has 2 heterocycles. The molecule has 1 aliphatic rings. The maximum absolute atomic E-state index is 5.35. The summed E-state index contributed by atoms with van der Waals surface area (Å²) in [6.45, 7) is 6.17. The summed E-state index contributed by atoms with van der Waals surface area (Å²) in [5, 5.41) is 8.73. The zero-order valence-corrected chi connectivity index (χ0v) is 12.4. The van der Waals surface area contributed by atoms with Crippen LogP contribution in [0.25, 0.3) is 0 Å². The van der Waals surface area contributed by atoms with E-state index in [0.29, 0.717) is 11.8 Å². The molecule has 5 heteroatoms. The maximum atomic E-state index is 5.35. The molecule has 2 aromatic rings. The molecule has 2 aromatic heterocycles. The molecule has 20 heavy (non-hydrogen) atoms. The Labute approximate surface area is 119 Å². The van der Waals surface area contributed by atoms with Crippen molar-refractivity contribution >= 4 is 0 Å². The van der Waals surface area contributed by atoms with E-state index in [2.05, 4.69) is 30.1 Å². The quantitative estimate of drug-likeness (QED) is 0.853. The van der Waals surface area contributed by atoms with Gasteiger partial charge < -0.3 is 4.52 Å². The molecule has 0 aromatic carbocycles. The summed E-state index contributed by atoms with van der Waals surface area (Å²) in [4.78, 5) is 4.45. The largest absolute Gasteiger partial charge is 0.337 e. The molecule has 0 amide bonds. The summed E-state index contributed by atoms with van der Waals surface area (Å²) in [5.74, 6) is 2.31. The van der Waals surface area contributed by atoms with Crippen LogP contribution in [0.1, 0.15) is 81.7 Å². The Morgan fingerprint density at radius 3 is 2.65 bits per heavy atom. The first-order valence-corrected chi connectivity index (χ1v) is 7.53. The monoisotopic (exact) mass is 274 g/mol. The Balaban J connectivity index is 1.77. The lowest BCUT2D eigenvalue weighted by Gasteiger charge is -2.08. The van der Waals surface area contributed by atoms with Gasteiger partial charge in [0.25, 0.3) is 5.89 Å². The van der Waals surface area contributed by atoms with Crippen molar-refractivity contribution < 1.29 is 4.52 Å². The van der Waals surface area contributed by atoms with Gasteiger partial charge in [0.15, 0.2) is 5.82 Å². The average Bonchev–Trinajstić information content (AvgIpc) is 3.17. The molecule has 0 radical (unpaired) electrons. The molecule has 1 saturated carbocycles. The summed E-state index contributed by atoms with van der Waals surface area (Å²) < 4.78 is 7.29. The van der Waals surface area contributed by atoms with Gasteiger partial charge in [-0.25, -0.2) is 0 Å². The topological polar surface area (TPSA) is 56.7 Å². The van der Waals surface area contributed by atoms with E-state index in [4.69, 9.17) is 9.62 Å². The number of aromatic nitrogens is 4. The van der Waals surface area contributed by atoms with Crippen molar-refractivity contribution in [1.29, 1.82) is 0 Å². The standard InChI is InChI=1S/C15H22N4O/c1-10(2)14-16-15(20-18-14)11(3)19-9-8-13(17-19)12-6-4-5-7-12/h8-12H,4-7H2,1-3H3. The van der Waals surface area contributed by atoms with Crippen molar-refractivity contribution in [1.82, 2.24) is 19.9 Å². The minimum absolute atomic E-state index is 0.00912. The molecule has 108 valence electrons. The summed E-state index contributed by atoms with van der Waals surface area (Å²) in [7, 11) is 0. The zero-order chi connectivity index (χ0) is 14.1. The van der Waals surface area contributed by atoms with Gasteiger partial charge in [-0.3, -0.25) is 4.68 Å². The first-order chi connectivity index (χ1) is 9.65. The highest BCUT2D eigenvalue weighted by atomic mass is 16.5. The molecule has 0 aliphatic heterocycles. The lowest BCUT2D eigenvalue weighted by molar-refractivity contribution is 0.331. The highest BCUT2D eigenvalue weighted by molar-refractivity contribution is 5.09. The molecular formula is C15H22N4O. The second kappa shape index (κ2) is 5.38. The zero-order valence-electron chi connectivity index (χ0n) is 12.4. The van der Waals surface area contributed by atoms with Crippen LogP contribution >= 0.6 is 0 Å². The number of rotatable bonds is 4. The lowest BCUT2D eigenvalue weighted by atomic mass is 10.1. The molecule has 0 N–H and O–H groups in total. The normalized spacial score (nSPS) is 18.0. The number of nitrogens with zero attached hydrogens (tertiary/aromatic N) is 4. The van der Waals surface area contributed by atoms with Crippen LogP contribution in [0.3, 0.4) is 0 Å². The third-order valence-electron chi connectivity index (χ3n) is 4.13. The molecule has 1 fully saturated rings. The minimum atomic E-state index is -0.00912. The Morgan fingerprint density at radius 2 is 2.00 bits per heavy atom. The predicted octanol–water partition coefficient (Wildman–Crippen LogP) is 3.66. The lowest BCUT2D eigenvalue weighted by Crippen LogP contribution is -2.09. The van der Waals surface area contributed by atoms with E-state index in [1.54, 1.807) is 0 Å². The maximum Gasteiger partial charge on any atom is 0.251 e. The van der Waals surface area contributed by atoms with Gasteiger partial charge in [0, 0.05) is 18.0 Å². The van der Waals surface area contributed by atoms with Crippen molar-refractivity contribution in [3.05, 3.63) is 29.7 Å². The van der Waals surface area contributed by atoms with E-state index < -0.39 is 0 Å². The van der Waals surface area contributed by atoms with Gasteiger partial charge >= 0.3 is 0 Å². The van der Waals surface area contributed by atoms with Crippen LogP contribution in [-0.2, 0) is 0 Å². The van der Waals surface area contributed by atoms with E-state index in [-0.39, 0.29) is 12.0 Å². The van der Waals surface area contributed by atoms with Gasteiger partial charge in [-0.1, -0.05) is 31.8 Å².